The summed E-state index contributed by atoms with van der Waals surface area (Å²) in [4.78, 5) is 11.7. The van der Waals surface area contributed by atoms with Gasteiger partial charge in [-0.05, 0) is 36.4 Å². The molecule has 0 saturated heterocycles. The van der Waals surface area contributed by atoms with E-state index >= 15 is 0 Å². The molecule has 0 fully saturated rings. The van der Waals surface area contributed by atoms with Gasteiger partial charge >= 0.3 is 6.03 Å². The average Bonchev–Trinajstić information content (AvgIpc) is 2.38. The zero-order chi connectivity index (χ0) is 13.7. The first kappa shape index (κ1) is 12.5. The SMILES string of the molecule is N#Cc1cccc(NC(=O)Nc2cccc(N)c2)c1. The maximum atomic E-state index is 11.7. The molecule has 0 radical (unpaired) electrons. The molecular formula is C14H12N4O. The van der Waals surface area contributed by atoms with Crippen LogP contribution in [0, 0.1) is 11.3 Å². The Morgan fingerprint density at radius 1 is 1.05 bits per heavy atom. The molecule has 2 amide bonds. The van der Waals surface area contributed by atoms with E-state index < -0.39 is 0 Å². The number of carbonyl (C=O) groups is 1. The summed E-state index contributed by atoms with van der Waals surface area (Å²) in [5.41, 5.74) is 7.84. The quantitative estimate of drug-likeness (QED) is 0.718. The van der Waals surface area contributed by atoms with Crippen molar-refractivity contribution in [1.82, 2.24) is 0 Å². The van der Waals surface area contributed by atoms with E-state index in [4.69, 9.17) is 11.0 Å². The normalized spacial score (nSPS) is 9.42. The summed E-state index contributed by atoms with van der Waals surface area (Å²) in [6.45, 7) is 0. The number of nitrogen functional groups attached to an aromatic ring is 1. The van der Waals surface area contributed by atoms with Gasteiger partial charge in [0, 0.05) is 17.1 Å². The molecule has 19 heavy (non-hydrogen) atoms. The molecule has 2 aromatic carbocycles. The average molecular weight is 252 g/mol. The van der Waals surface area contributed by atoms with E-state index in [0.717, 1.165) is 0 Å². The first-order chi connectivity index (χ1) is 9.17. The van der Waals surface area contributed by atoms with Gasteiger partial charge in [-0.1, -0.05) is 12.1 Å². The van der Waals surface area contributed by atoms with Gasteiger partial charge in [0.1, 0.15) is 0 Å². The van der Waals surface area contributed by atoms with E-state index in [1.165, 1.54) is 0 Å². The molecule has 2 aromatic rings. The number of nitrogens with one attached hydrogen (secondary N) is 2. The van der Waals surface area contributed by atoms with E-state index in [9.17, 15) is 4.79 Å². The van der Waals surface area contributed by atoms with Gasteiger partial charge in [-0.2, -0.15) is 5.26 Å². The van der Waals surface area contributed by atoms with Crippen LogP contribution in [0.4, 0.5) is 21.9 Å². The van der Waals surface area contributed by atoms with Crippen LogP contribution in [0.5, 0.6) is 0 Å². The van der Waals surface area contributed by atoms with Crippen LogP contribution in [-0.2, 0) is 0 Å². The van der Waals surface area contributed by atoms with Crippen molar-refractivity contribution in [2.24, 2.45) is 0 Å². The van der Waals surface area contributed by atoms with Crippen LogP contribution in [0.15, 0.2) is 48.5 Å². The number of hydrogen-bond donors (Lipinski definition) is 3. The lowest BCUT2D eigenvalue weighted by atomic mass is 10.2. The van der Waals surface area contributed by atoms with E-state index in [1.54, 1.807) is 48.5 Å². The third kappa shape index (κ3) is 3.48. The minimum atomic E-state index is -0.388. The number of nitrogens with two attached hydrogens (primary N) is 1. The van der Waals surface area contributed by atoms with Crippen molar-refractivity contribution in [2.75, 3.05) is 16.4 Å². The Morgan fingerprint density at radius 2 is 1.68 bits per heavy atom. The molecule has 0 atom stereocenters. The van der Waals surface area contributed by atoms with E-state index in [0.29, 0.717) is 22.6 Å². The lowest BCUT2D eigenvalue weighted by Gasteiger charge is -2.08. The Balaban J connectivity index is 2.03. The Kier molecular flexibility index (Phi) is 3.64. The monoisotopic (exact) mass is 252 g/mol. The van der Waals surface area contributed by atoms with Gasteiger partial charge in [-0.25, -0.2) is 4.79 Å². The van der Waals surface area contributed by atoms with Crippen LogP contribution in [0.2, 0.25) is 0 Å². The number of rotatable bonds is 2. The molecule has 0 unspecified atom stereocenters. The molecule has 0 spiro atoms. The predicted octanol–water partition coefficient (Wildman–Crippen LogP) is 2.78. The number of nitrogens with zero attached hydrogens (tertiary/aromatic N) is 1. The summed E-state index contributed by atoms with van der Waals surface area (Å²) in [6.07, 6.45) is 0. The first-order valence-electron chi connectivity index (χ1n) is 5.61. The minimum Gasteiger partial charge on any atom is -0.399 e. The fourth-order valence-electron chi connectivity index (χ4n) is 1.58. The predicted molar refractivity (Wildman–Crippen MR) is 74.7 cm³/mol. The third-order valence-corrected chi connectivity index (χ3v) is 2.39. The molecule has 0 aromatic heterocycles. The van der Waals surface area contributed by atoms with Crippen LogP contribution in [0.25, 0.3) is 0 Å². The number of benzene rings is 2. The smallest absolute Gasteiger partial charge is 0.323 e. The van der Waals surface area contributed by atoms with Gasteiger partial charge in [-0.15, -0.1) is 0 Å². The Bertz CT molecular complexity index is 646. The van der Waals surface area contributed by atoms with Crippen molar-refractivity contribution in [3.8, 4) is 6.07 Å². The molecule has 0 saturated carbocycles. The summed E-state index contributed by atoms with van der Waals surface area (Å²) in [5.74, 6) is 0. The van der Waals surface area contributed by atoms with Crippen molar-refractivity contribution >= 4 is 23.1 Å². The largest absolute Gasteiger partial charge is 0.399 e. The van der Waals surface area contributed by atoms with Crippen molar-refractivity contribution in [3.05, 3.63) is 54.1 Å². The highest BCUT2D eigenvalue weighted by Gasteiger charge is 2.03. The molecule has 0 aliphatic heterocycles. The zero-order valence-electron chi connectivity index (χ0n) is 10.1. The standard InChI is InChI=1S/C14H12N4O/c15-9-10-3-1-5-12(7-10)17-14(19)18-13-6-2-4-11(16)8-13/h1-8H,16H2,(H2,17,18,19). The summed E-state index contributed by atoms with van der Waals surface area (Å²) < 4.78 is 0. The van der Waals surface area contributed by atoms with E-state index in [-0.39, 0.29) is 6.03 Å². The summed E-state index contributed by atoms with van der Waals surface area (Å²) in [5, 5.41) is 14.1. The van der Waals surface area contributed by atoms with Crippen LogP contribution >= 0.6 is 0 Å². The molecule has 94 valence electrons. The lowest BCUT2D eigenvalue weighted by Crippen LogP contribution is -2.19. The molecular weight excluding hydrogens is 240 g/mol. The number of anilines is 3. The van der Waals surface area contributed by atoms with Crippen molar-refractivity contribution in [3.63, 3.8) is 0 Å². The summed E-state index contributed by atoms with van der Waals surface area (Å²) in [6, 6.07) is 15.2. The van der Waals surface area contributed by atoms with Gasteiger partial charge in [0.05, 0.1) is 11.6 Å². The van der Waals surface area contributed by atoms with Crippen LogP contribution in [0.1, 0.15) is 5.56 Å². The van der Waals surface area contributed by atoms with Crippen molar-refractivity contribution in [1.29, 1.82) is 5.26 Å². The topological polar surface area (TPSA) is 90.9 Å². The molecule has 4 N–H and O–H groups in total. The number of amides is 2. The second-order valence-corrected chi connectivity index (χ2v) is 3.90. The summed E-state index contributed by atoms with van der Waals surface area (Å²) in [7, 11) is 0. The highest BCUT2D eigenvalue weighted by molar-refractivity contribution is 6.00. The molecule has 5 nitrogen and oxygen atoms in total. The summed E-state index contributed by atoms with van der Waals surface area (Å²) >= 11 is 0. The lowest BCUT2D eigenvalue weighted by molar-refractivity contribution is 0.262. The van der Waals surface area contributed by atoms with Crippen molar-refractivity contribution < 1.29 is 4.79 Å². The fourth-order valence-corrected chi connectivity index (χ4v) is 1.58. The second-order valence-electron chi connectivity index (χ2n) is 3.90. The third-order valence-electron chi connectivity index (χ3n) is 2.39. The van der Waals surface area contributed by atoms with Crippen LogP contribution in [-0.4, -0.2) is 6.03 Å². The van der Waals surface area contributed by atoms with Crippen LogP contribution < -0.4 is 16.4 Å². The van der Waals surface area contributed by atoms with Crippen molar-refractivity contribution in [2.45, 2.75) is 0 Å². The van der Waals surface area contributed by atoms with E-state index in [2.05, 4.69) is 10.6 Å². The highest BCUT2D eigenvalue weighted by Crippen LogP contribution is 2.13. The number of hydrogen-bond acceptors (Lipinski definition) is 3. The van der Waals surface area contributed by atoms with Gasteiger partial charge in [0.15, 0.2) is 0 Å². The van der Waals surface area contributed by atoms with Gasteiger partial charge in [0.25, 0.3) is 0 Å². The Morgan fingerprint density at radius 3 is 2.32 bits per heavy atom. The molecule has 0 aliphatic rings. The highest BCUT2D eigenvalue weighted by atomic mass is 16.2. The zero-order valence-corrected chi connectivity index (χ0v) is 10.1. The van der Waals surface area contributed by atoms with E-state index in [1.807, 2.05) is 6.07 Å². The van der Waals surface area contributed by atoms with Gasteiger partial charge in [-0.3, -0.25) is 0 Å². The Hall–Kier alpha value is -3.00. The first-order valence-corrected chi connectivity index (χ1v) is 5.61. The van der Waals surface area contributed by atoms with Crippen LogP contribution in [0.3, 0.4) is 0 Å². The Labute approximate surface area is 110 Å². The molecule has 2 rings (SSSR count). The number of urea groups is 1. The second kappa shape index (κ2) is 5.56. The van der Waals surface area contributed by atoms with Gasteiger partial charge in [0.2, 0.25) is 0 Å². The molecule has 0 aliphatic carbocycles. The maximum Gasteiger partial charge on any atom is 0.323 e. The molecule has 5 heteroatoms. The number of nitriles is 1. The number of carbonyl (C=O) groups excluding carboxylic acids is 1. The molecule has 0 heterocycles. The van der Waals surface area contributed by atoms with Gasteiger partial charge < -0.3 is 16.4 Å². The maximum absolute atomic E-state index is 11.7. The minimum absolute atomic E-state index is 0.388. The fraction of sp³-hybridized carbons (Fsp3) is 0. The molecule has 0 bridgehead atoms.